The first-order valence-electron chi connectivity index (χ1n) is 5.43. The van der Waals surface area contributed by atoms with Gasteiger partial charge >= 0.3 is 0 Å². The summed E-state index contributed by atoms with van der Waals surface area (Å²) in [5.74, 6) is 4.64. The van der Waals surface area contributed by atoms with Crippen molar-refractivity contribution in [2.75, 3.05) is 10.1 Å². The van der Waals surface area contributed by atoms with Gasteiger partial charge in [0, 0.05) is 6.20 Å². The maximum absolute atomic E-state index is 13.1. The Hall–Kier alpha value is -1.61. The van der Waals surface area contributed by atoms with Crippen LogP contribution >= 0.6 is 23.2 Å². The summed E-state index contributed by atoms with van der Waals surface area (Å²) >= 11 is 11.6. The van der Waals surface area contributed by atoms with Crippen molar-refractivity contribution in [3.63, 3.8) is 0 Å². The zero-order valence-corrected chi connectivity index (χ0v) is 12.6. The first kappa shape index (κ1) is 15.8. The minimum Gasteiger partial charge on any atom is -0.307 e. The van der Waals surface area contributed by atoms with Gasteiger partial charge in [0.25, 0.3) is 10.0 Å². The van der Waals surface area contributed by atoms with Gasteiger partial charge in [0.15, 0.2) is 5.82 Å². The highest BCUT2D eigenvalue weighted by molar-refractivity contribution is 7.92. The molecule has 2 rings (SSSR count). The normalized spacial score (nSPS) is 11.2. The van der Waals surface area contributed by atoms with Crippen LogP contribution in [0.1, 0.15) is 0 Å². The summed E-state index contributed by atoms with van der Waals surface area (Å²) in [4.78, 5) is 3.53. The van der Waals surface area contributed by atoms with Crippen molar-refractivity contribution < 1.29 is 12.8 Å². The van der Waals surface area contributed by atoms with E-state index in [9.17, 15) is 12.8 Å². The minimum absolute atomic E-state index is 0.0192. The lowest BCUT2D eigenvalue weighted by Gasteiger charge is -2.10. The molecule has 0 atom stereocenters. The Balaban J connectivity index is 2.38. The van der Waals surface area contributed by atoms with Crippen molar-refractivity contribution in [2.24, 2.45) is 5.84 Å². The molecule has 0 bridgehead atoms. The van der Waals surface area contributed by atoms with E-state index in [2.05, 4.69) is 15.1 Å². The third-order valence-electron chi connectivity index (χ3n) is 2.44. The fraction of sp³-hybridized carbons (Fsp3) is 0. The fourth-order valence-electron chi connectivity index (χ4n) is 1.45. The highest BCUT2D eigenvalue weighted by atomic mass is 35.5. The van der Waals surface area contributed by atoms with E-state index in [1.807, 2.05) is 0 Å². The molecule has 0 spiro atoms. The molecule has 112 valence electrons. The zero-order valence-electron chi connectivity index (χ0n) is 10.3. The van der Waals surface area contributed by atoms with Crippen LogP contribution in [0.4, 0.5) is 15.9 Å². The van der Waals surface area contributed by atoms with Gasteiger partial charge in [-0.2, -0.15) is 0 Å². The first-order valence-corrected chi connectivity index (χ1v) is 7.67. The van der Waals surface area contributed by atoms with Gasteiger partial charge in [0.2, 0.25) is 0 Å². The number of hydrazine groups is 1. The average Bonchev–Trinajstić information content (AvgIpc) is 2.42. The number of nitrogens with one attached hydrogen (secondary N) is 2. The second-order valence-corrected chi connectivity index (χ2v) is 6.37. The molecule has 0 saturated carbocycles. The first-order chi connectivity index (χ1) is 9.83. The van der Waals surface area contributed by atoms with Gasteiger partial charge in [-0.15, -0.1) is 0 Å². The molecule has 6 nitrogen and oxygen atoms in total. The van der Waals surface area contributed by atoms with Gasteiger partial charge in [-0.1, -0.05) is 23.2 Å². The highest BCUT2D eigenvalue weighted by Gasteiger charge is 2.18. The van der Waals surface area contributed by atoms with Crippen LogP contribution in [-0.4, -0.2) is 13.4 Å². The summed E-state index contributed by atoms with van der Waals surface area (Å²) in [6.07, 6.45) is 1.05. The molecule has 4 N–H and O–H groups in total. The Morgan fingerprint density at radius 3 is 2.52 bits per heavy atom. The summed E-state index contributed by atoms with van der Waals surface area (Å²) < 4.78 is 39.6. The molecule has 0 aliphatic carbocycles. The standard InChI is InChI=1S/C11H9Cl2FN4O2S/c12-8-2-1-6(14)3-10(8)18-21(19,20)7-4-9(13)11(17-15)16-5-7/h1-5,18H,15H2,(H,16,17). The third kappa shape index (κ3) is 3.53. The highest BCUT2D eigenvalue weighted by Crippen LogP contribution is 2.27. The van der Waals surface area contributed by atoms with E-state index in [-0.39, 0.29) is 26.4 Å². The van der Waals surface area contributed by atoms with Crippen molar-refractivity contribution in [1.82, 2.24) is 4.98 Å². The molecule has 0 amide bonds. The predicted octanol–water partition coefficient (Wildman–Crippen LogP) is 2.61. The SMILES string of the molecule is NNc1ncc(S(=O)(=O)Nc2cc(F)ccc2Cl)cc1Cl. The molecule has 0 unspecified atom stereocenters. The van der Waals surface area contributed by atoms with Gasteiger partial charge in [-0.25, -0.2) is 23.6 Å². The number of nitrogens with two attached hydrogens (primary N) is 1. The second-order valence-electron chi connectivity index (χ2n) is 3.88. The van der Waals surface area contributed by atoms with Crippen molar-refractivity contribution in [1.29, 1.82) is 0 Å². The number of anilines is 2. The summed E-state index contributed by atoms with van der Waals surface area (Å²) in [5.41, 5.74) is 2.12. The van der Waals surface area contributed by atoms with E-state index >= 15 is 0 Å². The number of halogens is 3. The quantitative estimate of drug-likeness (QED) is 0.581. The van der Waals surface area contributed by atoms with E-state index < -0.39 is 15.8 Å². The van der Waals surface area contributed by atoms with Crippen molar-refractivity contribution >= 4 is 44.7 Å². The predicted molar refractivity (Wildman–Crippen MR) is 79.3 cm³/mol. The molecule has 0 radical (unpaired) electrons. The number of rotatable bonds is 4. The molecule has 0 aliphatic heterocycles. The number of pyridine rings is 1. The van der Waals surface area contributed by atoms with E-state index in [0.29, 0.717) is 0 Å². The molecule has 0 saturated heterocycles. The van der Waals surface area contributed by atoms with Crippen LogP contribution < -0.4 is 16.0 Å². The number of benzene rings is 1. The lowest BCUT2D eigenvalue weighted by atomic mass is 10.3. The lowest BCUT2D eigenvalue weighted by Crippen LogP contribution is -2.15. The van der Waals surface area contributed by atoms with Crippen LogP contribution in [0, 0.1) is 5.82 Å². The Labute approximate surface area is 130 Å². The van der Waals surface area contributed by atoms with Crippen LogP contribution in [0.2, 0.25) is 10.0 Å². The topological polar surface area (TPSA) is 97.1 Å². The smallest absolute Gasteiger partial charge is 0.263 e. The van der Waals surface area contributed by atoms with Gasteiger partial charge in [-0.3, -0.25) is 4.72 Å². The Morgan fingerprint density at radius 2 is 1.90 bits per heavy atom. The number of hydrogen-bond acceptors (Lipinski definition) is 5. The van der Waals surface area contributed by atoms with E-state index in [4.69, 9.17) is 29.0 Å². The van der Waals surface area contributed by atoms with Crippen molar-refractivity contribution in [3.05, 3.63) is 46.3 Å². The molecule has 1 heterocycles. The third-order valence-corrected chi connectivity index (χ3v) is 4.39. The summed E-state index contributed by atoms with van der Waals surface area (Å²) in [6.45, 7) is 0. The summed E-state index contributed by atoms with van der Waals surface area (Å²) in [5, 5.41) is 0.0741. The maximum atomic E-state index is 13.1. The molecule has 0 aliphatic rings. The molecule has 10 heteroatoms. The molecule has 21 heavy (non-hydrogen) atoms. The molecule has 0 fully saturated rings. The molecule has 1 aromatic carbocycles. The van der Waals surface area contributed by atoms with Crippen LogP contribution in [0.3, 0.4) is 0 Å². The lowest BCUT2D eigenvalue weighted by molar-refractivity contribution is 0.600. The number of nitrogen functional groups attached to an aromatic ring is 1. The van der Waals surface area contributed by atoms with E-state index in [1.54, 1.807) is 0 Å². The van der Waals surface area contributed by atoms with Crippen molar-refractivity contribution in [3.8, 4) is 0 Å². The largest absolute Gasteiger partial charge is 0.307 e. The zero-order chi connectivity index (χ0) is 15.6. The molecular formula is C11H9Cl2FN4O2S. The van der Waals surface area contributed by atoms with Crippen molar-refractivity contribution in [2.45, 2.75) is 4.90 Å². The number of sulfonamides is 1. The minimum atomic E-state index is -4.02. The van der Waals surface area contributed by atoms with Gasteiger partial charge in [0.1, 0.15) is 10.7 Å². The Morgan fingerprint density at radius 1 is 1.19 bits per heavy atom. The van der Waals surface area contributed by atoms with E-state index in [1.165, 1.54) is 6.07 Å². The van der Waals surface area contributed by atoms with Crippen LogP contribution in [-0.2, 0) is 10.0 Å². The molecule has 2 aromatic rings. The van der Waals surface area contributed by atoms with Crippen LogP contribution in [0.25, 0.3) is 0 Å². The van der Waals surface area contributed by atoms with E-state index in [0.717, 1.165) is 24.4 Å². The number of aromatic nitrogens is 1. The summed E-state index contributed by atoms with van der Waals surface area (Å²) in [6, 6.07) is 4.46. The Bertz CT molecular complexity index is 786. The Kier molecular flexibility index (Phi) is 4.52. The van der Waals surface area contributed by atoms with Gasteiger partial charge in [0.05, 0.1) is 15.7 Å². The maximum Gasteiger partial charge on any atom is 0.263 e. The van der Waals surface area contributed by atoms with Crippen LogP contribution in [0.15, 0.2) is 35.4 Å². The van der Waals surface area contributed by atoms with Gasteiger partial charge < -0.3 is 5.43 Å². The monoisotopic (exact) mass is 350 g/mol. The number of hydrogen-bond donors (Lipinski definition) is 3. The van der Waals surface area contributed by atoms with Crippen LogP contribution in [0.5, 0.6) is 0 Å². The fourth-order valence-corrected chi connectivity index (χ4v) is 3.00. The molecular weight excluding hydrogens is 342 g/mol. The second kappa shape index (κ2) is 6.02. The average molecular weight is 351 g/mol. The van der Waals surface area contributed by atoms with Gasteiger partial charge in [-0.05, 0) is 24.3 Å². The summed E-state index contributed by atoms with van der Waals surface area (Å²) in [7, 11) is -4.02. The molecule has 1 aromatic heterocycles. The number of nitrogens with zero attached hydrogens (tertiary/aromatic N) is 1.